The fourth-order valence-electron chi connectivity index (χ4n) is 13.4. The molecule has 0 heterocycles. The molecule has 0 saturated heterocycles. The molecule has 4 aromatic carbocycles. The van der Waals surface area contributed by atoms with Crippen molar-refractivity contribution in [3.05, 3.63) is 82.9 Å². The van der Waals surface area contributed by atoms with Crippen molar-refractivity contribution in [1.82, 2.24) is 0 Å². The van der Waals surface area contributed by atoms with Gasteiger partial charge in [-0.2, -0.15) is 0 Å². The Labute approximate surface area is 591 Å². The van der Waals surface area contributed by atoms with Crippen molar-refractivity contribution >= 4 is 90.7 Å². The molecule has 0 amide bonds. The van der Waals surface area contributed by atoms with Gasteiger partial charge in [0.2, 0.25) is 0 Å². The smallest absolute Gasteiger partial charge is 0.744 e. The summed E-state index contributed by atoms with van der Waals surface area (Å²) in [5, 5.41) is 4.01. The molecule has 0 bridgehead atoms. The van der Waals surface area contributed by atoms with Crippen molar-refractivity contribution < 1.29 is 25.9 Å². The fourth-order valence-corrected chi connectivity index (χ4v) is 14.9. The minimum Gasteiger partial charge on any atom is -0.744 e. The van der Waals surface area contributed by atoms with E-state index in [4.69, 9.17) is 0 Å². The van der Waals surface area contributed by atoms with Crippen LogP contribution < -0.4 is 0 Å². The minimum absolute atomic E-state index is 0. The third-order valence-electron chi connectivity index (χ3n) is 19.0. The van der Waals surface area contributed by atoms with Crippen LogP contribution in [-0.2, 0) is 45.9 Å². The van der Waals surface area contributed by atoms with Crippen molar-refractivity contribution in [2.45, 2.75) is 397 Å². The summed E-state index contributed by atoms with van der Waals surface area (Å²) >= 11 is 0. The molecule has 504 valence electrons. The van der Waals surface area contributed by atoms with E-state index in [0.29, 0.717) is 12.8 Å². The van der Waals surface area contributed by atoms with Crippen LogP contribution in [0.4, 0.5) is 0 Å². The first-order chi connectivity index (χ1) is 42.9. The van der Waals surface area contributed by atoms with Crippen LogP contribution in [0.5, 0.6) is 0 Å². The van der Waals surface area contributed by atoms with Crippen molar-refractivity contribution in [2.24, 2.45) is 0 Å². The van der Waals surface area contributed by atoms with Crippen molar-refractivity contribution in [1.29, 1.82) is 0 Å². The SMILES string of the molecule is CCCCCCCCCCCCCCCc1ccc2ccc(S(=O)(=O)[O-])c(CCCCCCCCCCCCCCC)c2c1.CCCCCCCCCCCCCCCc1ccc2ccc(S(=O)(=O)[O-])c(CCCCCCCCCCCCCCC)c2c1.[Ba+2]. The Kier molecular flexibility index (Phi) is 52.8. The Balaban J connectivity index is 0.000000600. The Morgan fingerprint density at radius 2 is 0.427 bits per heavy atom. The fraction of sp³-hybridized carbons (Fsp3) is 0.750. The van der Waals surface area contributed by atoms with E-state index in [-0.39, 0.29) is 58.7 Å². The molecule has 4 rings (SSSR count). The molecule has 0 aliphatic carbocycles. The Bertz CT molecular complexity index is 2370. The topological polar surface area (TPSA) is 114 Å². The van der Waals surface area contributed by atoms with Gasteiger partial charge >= 0.3 is 48.9 Å². The van der Waals surface area contributed by atoms with Gasteiger partial charge < -0.3 is 9.11 Å². The van der Waals surface area contributed by atoms with Gasteiger partial charge in [0.15, 0.2) is 0 Å². The molecule has 0 spiro atoms. The van der Waals surface area contributed by atoms with Crippen LogP contribution in [0.3, 0.4) is 0 Å². The molecule has 89 heavy (non-hydrogen) atoms. The van der Waals surface area contributed by atoms with Gasteiger partial charge in [0.25, 0.3) is 0 Å². The number of rotatable bonds is 58. The second kappa shape index (κ2) is 56.0. The summed E-state index contributed by atoms with van der Waals surface area (Å²) < 4.78 is 73.0. The molecule has 0 fully saturated rings. The van der Waals surface area contributed by atoms with Crippen molar-refractivity contribution in [3.8, 4) is 0 Å². The zero-order valence-corrected chi connectivity index (χ0v) is 64.4. The van der Waals surface area contributed by atoms with E-state index in [1.807, 2.05) is 12.1 Å². The standard InChI is InChI=1S/2C40H68O3S.Ba/c2*1-3-5-7-9-11-13-15-17-19-21-23-25-27-29-36-31-32-37-33-34-40(44(41,42)43)38(39(37)35-36)30-28-26-24-22-20-18-16-14-12-10-8-6-4-2;/h2*31-35H,3-30H2,1-2H3,(H,41,42,43);/q;;+2/p-2. The largest absolute Gasteiger partial charge is 2.00 e. The van der Waals surface area contributed by atoms with Gasteiger partial charge in [-0.3, -0.25) is 0 Å². The van der Waals surface area contributed by atoms with Gasteiger partial charge in [0, 0.05) is 0 Å². The average Bonchev–Trinajstić information content (AvgIpc) is 1.88. The van der Waals surface area contributed by atoms with E-state index in [9.17, 15) is 25.9 Å². The van der Waals surface area contributed by atoms with Crippen LogP contribution in [-0.4, -0.2) is 74.8 Å². The summed E-state index contributed by atoms with van der Waals surface area (Å²) in [4.78, 5) is -0.0240. The van der Waals surface area contributed by atoms with Gasteiger partial charge in [0.05, 0.1) is 9.79 Å². The first kappa shape index (κ1) is 83.9. The normalized spacial score (nSPS) is 11.8. The molecule has 0 radical (unpaired) electrons. The quantitative estimate of drug-likeness (QED) is 0.0247. The number of unbranched alkanes of at least 4 members (excludes halogenated alkanes) is 48. The summed E-state index contributed by atoms with van der Waals surface area (Å²) in [6.45, 7) is 9.09. The molecule has 6 nitrogen and oxygen atoms in total. The first-order valence-corrected chi connectivity index (χ1v) is 40.8. The molecule has 0 saturated carbocycles. The number of fused-ring (bicyclic) bond motifs is 2. The minimum atomic E-state index is -4.50. The summed E-state index contributed by atoms with van der Waals surface area (Å²) in [7, 11) is -8.99. The van der Waals surface area contributed by atoms with Crippen LogP contribution >= 0.6 is 0 Å². The third-order valence-corrected chi connectivity index (χ3v) is 20.9. The van der Waals surface area contributed by atoms with Crippen LogP contribution in [0.2, 0.25) is 0 Å². The van der Waals surface area contributed by atoms with Gasteiger partial charge in [-0.25, -0.2) is 16.8 Å². The van der Waals surface area contributed by atoms with Crippen LogP contribution in [0.15, 0.2) is 70.5 Å². The second-order valence-electron chi connectivity index (χ2n) is 27.1. The molecular formula is C80H134BaO6S2. The number of hydrogen-bond acceptors (Lipinski definition) is 6. The monoisotopic (exact) mass is 1390 g/mol. The predicted molar refractivity (Wildman–Crippen MR) is 387 cm³/mol. The van der Waals surface area contributed by atoms with Crippen molar-refractivity contribution in [2.75, 3.05) is 0 Å². The predicted octanol–water partition coefficient (Wildman–Crippen LogP) is 25.6. The molecule has 9 heteroatoms. The van der Waals surface area contributed by atoms with E-state index >= 15 is 0 Å². The van der Waals surface area contributed by atoms with E-state index in [2.05, 4.69) is 64.1 Å². The van der Waals surface area contributed by atoms with Crippen LogP contribution in [0.25, 0.3) is 21.5 Å². The summed E-state index contributed by atoms with van der Waals surface area (Å²) in [5.74, 6) is 0. The number of hydrogen-bond donors (Lipinski definition) is 0. The molecule has 0 aliphatic rings. The van der Waals surface area contributed by atoms with Gasteiger partial charge in [-0.15, -0.1) is 0 Å². The van der Waals surface area contributed by atoms with E-state index < -0.39 is 20.2 Å². The molecular weight excluding hydrogens is 1260 g/mol. The molecule has 0 aromatic heterocycles. The molecule has 0 aliphatic heterocycles. The van der Waals surface area contributed by atoms with E-state index in [1.54, 1.807) is 0 Å². The zero-order chi connectivity index (χ0) is 63.4. The van der Waals surface area contributed by atoms with Gasteiger partial charge in [0.1, 0.15) is 20.2 Å². The molecule has 4 aromatic rings. The number of aryl methyl sites for hydroxylation is 4. The van der Waals surface area contributed by atoms with Crippen molar-refractivity contribution in [3.63, 3.8) is 0 Å². The Hall–Kier alpha value is -1.21. The number of benzene rings is 4. The Morgan fingerprint density at radius 3 is 0.629 bits per heavy atom. The first-order valence-electron chi connectivity index (χ1n) is 37.9. The maximum atomic E-state index is 12.2. The van der Waals surface area contributed by atoms with Gasteiger partial charge in [-0.1, -0.05) is 384 Å². The molecule has 0 N–H and O–H groups in total. The van der Waals surface area contributed by atoms with E-state index in [1.165, 1.54) is 319 Å². The summed E-state index contributed by atoms with van der Waals surface area (Å²) in [6, 6.07) is 19.6. The summed E-state index contributed by atoms with van der Waals surface area (Å²) in [6.07, 6.45) is 71.8. The zero-order valence-electron chi connectivity index (χ0n) is 58.3. The molecule has 0 atom stereocenters. The van der Waals surface area contributed by atoms with Crippen LogP contribution in [0.1, 0.15) is 384 Å². The summed E-state index contributed by atoms with van der Waals surface area (Å²) in [5.41, 5.74) is 4.00. The third kappa shape index (κ3) is 41.4. The second-order valence-corrected chi connectivity index (χ2v) is 29.8. The average molecular weight is 1390 g/mol. The maximum Gasteiger partial charge on any atom is 2.00 e. The van der Waals surface area contributed by atoms with Crippen LogP contribution in [0, 0.1) is 0 Å². The Morgan fingerprint density at radius 1 is 0.247 bits per heavy atom. The van der Waals surface area contributed by atoms with Gasteiger partial charge in [-0.05, 0) is 107 Å². The maximum absolute atomic E-state index is 12.2. The van der Waals surface area contributed by atoms with E-state index in [0.717, 1.165) is 84.0 Å². The molecule has 0 unspecified atom stereocenters.